The first kappa shape index (κ1) is 23.6. The Hall–Kier alpha value is -4.10. The van der Waals surface area contributed by atoms with Crippen molar-refractivity contribution in [2.75, 3.05) is 36.8 Å². The van der Waals surface area contributed by atoms with Gasteiger partial charge in [-0.3, -0.25) is 24.5 Å². The summed E-state index contributed by atoms with van der Waals surface area (Å²) < 4.78 is 13.7. The van der Waals surface area contributed by atoms with Crippen molar-refractivity contribution in [1.82, 2.24) is 19.8 Å². The summed E-state index contributed by atoms with van der Waals surface area (Å²) in [6.45, 7) is 1.52. The first-order valence-corrected chi connectivity index (χ1v) is 11.9. The minimum Gasteiger partial charge on any atom is -0.380 e. The molecule has 2 aliphatic heterocycles. The lowest BCUT2D eigenvalue weighted by molar-refractivity contribution is -0.132. The van der Waals surface area contributed by atoms with Crippen LogP contribution in [-0.4, -0.2) is 76.0 Å². The third kappa shape index (κ3) is 4.97. The maximum Gasteiger partial charge on any atom is 0.257 e. The van der Waals surface area contributed by atoms with E-state index >= 15 is 0 Å². The molecule has 4 heterocycles. The number of fused-ring (bicyclic) bond motifs is 1. The number of rotatable bonds is 6. The van der Waals surface area contributed by atoms with Gasteiger partial charge in [0.2, 0.25) is 5.91 Å². The van der Waals surface area contributed by atoms with E-state index in [1.54, 1.807) is 36.8 Å². The largest absolute Gasteiger partial charge is 0.380 e. The minimum atomic E-state index is -1.14. The van der Waals surface area contributed by atoms with Crippen LogP contribution < -0.4 is 10.6 Å². The van der Waals surface area contributed by atoms with Gasteiger partial charge in [-0.25, -0.2) is 4.39 Å². The van der Waals surface area contributed by atoms with Crippen LogP contribution in [0.2, 0.25) is 0 Å². The number of carbonyl (C=O) groups excluding carboxylic acids is 2. The number of carbonyl (C=O) groups is 2. The number of likely N-dealkylation sites (tertiary alicyclic amines) is 2. The zero-order valence-corrected chi connectivity index (χ0v) is 19.6. The van der Waals surface area contributed by atoms with E-state index in [-0.39, 0.29) is 37.4 Å². The Morgan fingerprint density at radius 3 is 2.78 bits per heavy atom. The van der Waals surface area contributed by atoms with Crippen molar-refractivity contribution >= 4 is 34.1 Å². The van der Waals surface area contributed by atoms with Crippen molar-refractivity contribution in [3.05, 3.63) is 60.6 Å². The molecule has 2 amide bonds. The highest BCUT2D eigenvalue weighted by molar-refractivity contribution is 6.13. The third-order valence-corrected chi connectivity index (χ3v) is 6.66. The van der Waals surface area contributed by atoms with Gasteiger partial charge in [0.15, 0.2) is 0 Å². The lowest BCUT2D eigenvalue weighted by Crippen LogP contribution is -2.42. The molecule has 0 bridgehead atoms. The topological polar surface area (TPSA) is 114 Å². The van der Waals surface area contributed by atoms with Crippen molar-refractivity contribution in [2.24, 2.45) is 0 Å². The average Bonchev–Trinajstić information content (AvgIpc) is 3.50. The lowest BCUT2D eigenvalue weighted by Gasteiger charge is -2.23. The first-order chi connectivity index (χ1) is 17.5. The van der Waals surface area contributed by atoms with E-state index in [0.29, 0.717) is 23.3 Å². The second-order valence-electron chi connectivity index (χ2n) is 9.14. The van der Waals surface area contributed by atoms with Crippen molar-refractivity contribution in [1.29, 1.82) is 5.26 Å². The maximum atomic E-state index is 13.7. The highest BCUT2D eigenvalue weighted by atomic mass is 19.1. The van der Waals surface area contributed by atoms with Crippen molar-refractivity contribution in [3.63, 3.8) is 0 Å². The SMILES string of the molecule is N#CC1C[C@H](F)CN1C(=O)CN1CC[C@H](Nc2ccc(C(=O)Nc3ccncc3)c3ncccc23)C1. The highest BCUT2D eigenvalue weighted by Gasteiger charge is 2.36. The fourth-order valence-corrected chi connectivity index (χ4v) is 4.89. The second-order valence-corrected chi connectivity index (χ2v) is 9.14. The number of hydrogen-bond donors (Lipinski definition) is 2. The number of benzene rings is 1. The summed E-state index contributed by atoms with van der Waals surface area (Å²) in [6, 6.07) is 12.3. The van der Waals surface area contributed by atoms with Crippen LogP contribution in [0.4, 0.5) is 15.8 Å². The molecule has 9 nitrogen and oxygen atoms in total. The van der Waals surface area contributed by atoms with Crippen molar-refractivity contribution in [2.45, 2.75) is 31.1 Å². The number of anilines is 2. The summed E-state index contributed by atoms with van der Waals surface area (Å²) >= 11 is 0. The van der Waals surface area contributed by atoms with Gasteiger partial charge in [0.1, 0.15) is 12.2 Å². The van der Waals surface area contributed by atoms with E-state index in [4.69, 9.17) is 0 Å². The van der Waals surface area contributed by atoms with E-state index in [9.17, 15) is 19.2 Å². The molecule has 184 valence electrons. The van der Waals surface area contributed by atoms with Gasteiger partial charge >= 0.3 is 0 Å². The molecule has 0 aliphatic carbocycles. The Balaban J connectivity index is 1.26. The predicted octanol–water partition coefficient (Wildman–Crippen LogP) is 2.83. The highest BCUT2D eigenvalue weighted by Crippen LogP contribution is 2.28. The van der Waals surface area contributed by atoms with Gasteiger partial charge < -0.3 is 15.5 Å². The molecule has 3 aromatic rings. The Morgan fingerprint density at radius 1 is 1.14 bits per heavy atom. The smallest absolute Gasteiger partial charge is 0.257 e. The second kappa shape index (κ2) is 10.3. The van der Waals surface area contributed by atoms with Gasteiger partial charge in [-0.05, 0) is 42.8 Å². The molecule has 2 aromatic heterocycles. The Bertz CT molecular complexity index is 1310. The Labute approximate surface area is 207 Å². The number of alkyl halides is 1. The van der Waals surface area contributed by atoms with Gasteiger partial charge in [0, 0.05) is 60.9 Å². The van der Waals surface area contributed by atoms with Crippen LogP contribution in [0.5, 0.6) is 0 Å². The third-order valence-electron chi connectivity index (χ3n) is 6.66. The number of aromatic nitrogens is 2. The van der Waals surface area contributed by atoms with E-state index < -0.39 is 12.2 Å². The summed E-state index contributed by atoms with van der Waals surface area (Å²) in [5, 5.41) is 16.5. The molecule has 2 N–H and O–H groups in total. The first-order valence-electron chi connectivity index (χ1n) is 11.9. The number of pyridine rings is 2. The van der Waals surface area contributed by atoms with Gasteiger partial charge in [0.05, 0.1) is 30.2 Å². The summed E-state index contributed by atoms with van der Waals surface area (Å²) in [6.07, 6.45) is 4.66. The summed E-state index contributed by atoms with van der Waals surface area (Å²) in [5.74, 6) is -0.461. The van der Waals surface area contributed by atoms with E-state index in [0.717, 1.165) is 24.0 Å². The van der Waals surface area contributed by atoms with Crippen LogP contribution in [0.3, 0.4) is 0 Å². The van der Waals surface area contributed by atoms with Crippen LogP contribution in [0, 0.1) is 11.3 Å². The van der Waals surface area contributed by atoms with Gasteiger partial charge in [-0.2, -0.15) is 5.26 Å². The van der Waals surface area contributed by atoms with Crippen LogP contribution in [0.1, 0.15) is 23.2 Å². The number of nitrogens with zero attached hydrogens (tertiary/aromatic N) is 5. The Morgan fingerprint density at radius 2 is 1.97 bits per heavy atom. The summed E-state index contributed by atoms with van der Waals surface area (Å²) in [7, 11) is 0. The standard InChI is InChI=1S/C26H26FN7O2/c27-17-12-20(13-28)34(14-17)24(35)16-33-11-7-19(15-33)31-23-4-3-22(25-21(23)2-1-8-30-25)26(36)32-18-5-9-29-10-6-18/h1-6,8-10,17,19-20,31H,7,11-12,14-16H2,(H,29,32,36)/t17-,19-,20?/m0/s1. The molecule has 2 fully saturated rings. The minimum absolute atomic E-state index is 0.00729. The molecule has 0 saturated carbocycles. The molecule has 36 heavy (non-hydrogen) atoms. The normalized spacial score (nSPS) is 21.9. The molecule has 1 unspecified atom stereocenters. The van der Waals surface area contributed by atoms with Crippen LogP contribution in [-0.2, 0) is 4.79 Å². The van der Waals surface area contributed by atoms with E-state index in [2.05, 4.69) is 20.6 Å². The molecular weight excluding hydrogens is 461 g/mol. The number of nitrogens with one attached hydrogen (secondary N) is 2. The molecule has 2 saturated heterocycles. The average molecular weight is 488 g/mol. The molecule has 0 spiro atoms. The van der Waals surface area contributed by atoms with Gasteiger partial charge in [-0.15, -0.1) is 0 Å². The van der Waals surface area contributed by atoms with E-state index in [1.807, 2.05) is 29.2 Å². The monoisotopic (exact) mass is 487 g/mol. The zero-order valence-electron chi connectivity index (χ0n) is 19.6. The summed E-state index contributed by atoms with van der Waals surface area (Å²) in [4.78, 5) is 37.4. The number of hydrogen-bond acceptors (Lipinski definition) is 7. The molecule has 0 radical (unpaired) electrons. The fourth-order valence-electron chi connectivity index (χ4n) is 4.89. The molecule has 1 aromatic carbocycles. The van der Waals surface area contributed by atoms with Crippen LogP contribution in [0.15, 0.2) is 55.0 Å². The number of nitriles is 1. The Kier molecular flexibility index (Phi) is 6.73. The van der Waals surface area contributed by atoms with Gasteiger partial charge in [0.25, 0.3) is 5.91 Å². The fraction of sp³-hybridized carbons (Fsp3) is 0.346. The predicted molar refractivity (Wildman–Crippen MR) is 133 cm³/mol. The lowest BCUT2D eigenvalue weighted by atomic mass is 10.1. The molecule has 5 rings (SSSR count). The van der Waals surface area contributed by atoms with Crippen molar-refractivity contribution < 1.29 is 14.0 Å². The summed E-state index contributed by atoms with van der Waals surface area (Å²) in [5.41, 5.74) is 2.58. The maximum absolute atomic E-state index is 13.7. The zero-order chi connectivity index (χ0) is 25.1. The molecule has 2 aliphatic rings. The molecule has 3 atom stereocenters. The van der Waals surface area contributed by atoms with Crippen molar-refractivity contribution in [3.8, 4) is 6.07 Å². The van der Waals surface area contributed by atoms with Crippen LogP contribution in [0.25, 0.3) is 10.9 Å². The van der Waals surface area contributed by atoms with E-state index in [1.165, 1.54) is 4.90 Å². The van der Waals surface area contributed by atoms with Crippen LogP contribution >= 0.6 is 0 Å². The molecule has 10 heteroatoms. The molecular formula is C26H26FN7O2. The van der Waals surface area contributed by atoms with Gasteiger partial charge in [-0.1, -0.05) is 0 Å². The number of amides is 2. The quantitative estimate of drug-likeness (QED) is 0.550. The number of halogens is 1.